The van der Waals surface area contributed by atoms with Crippen molar-refractivity contribution in [2.75, 3.05) is 24.6 Å². The Bertz CT molecular complexity index is 636. The molecule has 114 valence electrons. The van der Waals surface area contributed by atoms with E-state index in [-0.39, 0.29) is 19.0 Å². The van der Waals surface area contributed by atoms with E-state index < -0.39 is 39.1 Å². The Morgan fingerprint density at radius 3 is 2.14 bits per heavy atom. The molecular formula is C14H15F2NO3S. The van der Waals surface area contributed by atoms with Crippen LogP contribution in [0.5, 0.6) is 0 Å². The number of carbonyl (C=O) groups is 1. The maximum Gasteiger partial charge on any atom is 0.259 e. The van der Waals surface area contributed by atoms with Crippen LogP contribution in [-0.4, -0.2) is 49.7 Å². The van der Waals surface area contributed by atoms with Crippen molar-refractivity contribution >= 4 is 15.7 Å². The molecule has 2 atom stereocenters. The van der Waals surface area contributed by atoms with Crippen molar-refractivity contribution in [3.63, 3.8) is 0 Å². The third-order valence-corrected chi connectivity index (χ3v) is 6.01. The van der Waals surface area contributed by atoms with Crippen molar-refractivity contribution in [1.29, 1.82) is 0 Å². The number of likely N-dealkylation sites (tertiary alicyclic amines) is 1. The van der Waals surface area contributed by atoms with Crippen molar-refractivity contribution < 1.29 is 22.0 Å². The maximum atomic E-state index is 14.1. The zero-order valence-electron chi connectivity index (χ0n) is 11.2. The van der Waals surface area contributed by atoms with E-state index in [1.54, 1.807) is 30.3 Å². The highest BCUT2D eigenvalue weighted by atomic mass is 32.2. The zero-order chi connectivity index (χ0) is 15.3. The molecule has 21 heavy (non-hydrogen) atoms. The van der Waals surface area contributed by atoms with Gasteiger partial charge in [0.25, 0.3) is 11.8 Å². The highest BCUT2D eigenvalue weighted by molar-refractivity contribution is 7.91. The number of amides is 1. The summed E-state index contributed by atoms with van der Waals surface area (Å²) in [7, 11) is -3.44. The second-order valence-corrected chi connectivity index (χ2v) is 7.88. The van der Waals surface area contributed by atoms with Crippen molar-refractivity contribution in [2.45, 2.75) is 5.92 Å². The minimum absolute atomic E-state index is 0.212. The van der Waals surface area contributed by atoms with E-state index in [9.17, 15) is 22.0 Å². The standard InChI is InChI=1S/C14H15F2NO3S/c15-14(16)11-6-17(7-12(14)9-21(19,20)8-11)13(18)10-4-2-1-3-5-10/h1-5,11-12H,6-9H2. The molecule has 3 rings (SSSR count). The molecule has 0 aromatic heterocycles. The zero-order valence-corrected chi connectivity index (χ0v) is 12.0. The third-order valence-electron chi connectivity index (χ3n) is 4.19. The van der Waals surface area contributed by atoms with Crippen LogP contribution in [0.25, 0.3) is 0 Å². The molecule has 2 unspecified atom stereocenters. The molecule has 0 spiro atoms. The molecule has 0 saturated carbocycles. The summed E-state index contributed by atoms with van der Waals surface area (Å²) in [6, 6.07) is 8.43. The summed E-state index contributed by atoms with van der Waals surface area (Å²) in [5, 5.41) is 0. The molecule has 0 N–H and O–H groups in total. The first-order valence-electron chi connectivity index (χ1n) is 6.72. The molecule has 2 fully saturated rings. The third kappa shape index (κ3) is 2.54. The van der Waals surface area contributed by atoms with Gasteiger partial charge in [-0.15, -0.1) is 0 Å². The van der Waals surface area contributed by atoms with Gasteiger partial charge in [0.05, 0.1) is 23.3 Å². The molecule has 2 aliphatic heterocycles. The number of carbonyl (C=O) groups excluding carboxylic acids is 1. The van der Waals surface area contributed by atoms with Gasteiger partial charge >= 0.3 is 0 Å². The van der Waals surface area contributed by atoms with E-state index in [2.05, 4.69) is 0 Å². The SMILES string of the molecule is O=C(c1ccccc1)N1CC2CS(=O)(=O)CC(C1)C2(F)F. The summed E-state index contributed by atoms with van der Waals surface area (Å²) in [6.45, 7) is -0.424. The second kappa shape index (κ2) is 4.76. The van der Waals surface area contributed by atoms with Gasteiger partial charge in [0.2, 0.25) is 0 Å². The predicted molar refractivity (Wildman–Crippen MR) is 72.9 cm³/mol. The van der Waals surface area contributed by atoms with Gasteiger partial charge in [0.1, 0.15) is 0 Å². The van der Waals surface area contributed by atoms with E-state index in [1.165, 1.54) is 4.90 Å². The number of sulfone groups is 1. The summed E-state index contributed by atoms with van der Waals surface area (Å²) < 4.78 is 51.5. The Balaban J connectivity index is 1.86. The minimum Gasteiger partial charge on any atom is -0.338 e. The number of piperidine rings is 1. The molecule has 0 radical (unpaired) electrons. The molecule has 1 aromatic rings. The number of nitrogens with zero attached hydrogens (tertiary/aromatic N) is 1. The van der Waals surface area contributed by atoms with E-state index in [4.69, 9.17) is 0 Å². The average molecular weight is 315 g/mol. The highest BCUT2D eigenvalue weighted by Gasteiger charge is 2.58. The monoisotopic (exact) mass is 315 g/mol. The van der Waals surface area contributed by atoms with Crippen LogP contribution < -0.4 is 0 Å². The number of hydrogen-bond donors (Lipinski definition) is 0. The molecule has 2 bridgehead atoms. The fourth-order valence-corrected chi connectivity index (χ4v) is 5.14. The van der Waals surface area contributed by atoms with Crippen LogP contribution in [0.15, 0.2) is 30.3 Å². The van der Waals surface area contributed by atoms with Gasteiger partial charge in [-0.25, -0.2) is 17.2 Å². The van der Waals surface area contributed by atoms with Gasteiger partial charge in [-0.05, 0) is 12.1 Å². The van der Waals surface area contributed by atoms with E-state index in [1.807, 2.05) is 0 Å². The number of benzene rings is 1. The van der Waals surface area contributed by atoms with E-state index >= 15 is 0 Å². The summed E-state index contributed by atoms with van der Waals surface area (Å²) in [5.74, 6) is -7.03. The predicted octanol–water partition coefficient (Wildman–Crippen LogP) is 1.44. The van der Waals surface area contributed by atoms with Gasteiger partial charge < -0.3 is 4.90 Å². The lowest BCUT2D eigenvalue weighted by atomic mass is 9.86. The van der Waals surface area contributed by atoms with Crippen molar-refractivity contribution in [3.05, 3.63) is 35.9 Å². The van der Waals surface area contributed by atoms with Gasteiger partial charge in [-0.2, -0.15) is 0 Å². The summed E-state index contributed by atoms with van der Waals surface area (Å²) in [5.41, 5.74) is 0.434. The largest absolute Gasteiger partial charge is 0.338 e. The fourth-order valence-electron chi connectivity index (χ4n) is 3.12. The molecule has 4 nitrogen and oxygen atoms in total. The first-order valence-corrected chi connectivity index (χ1v) is 8.54. The van der Waals surface area contributed by atoms with Crippen LogP contribution in [0.3, 0.4) is 0 Å². The lowest BCUT2D eigenvalue weighted by Crippen LogP contribution is -2.61. The lowest BCUT2D eigenvalue weighted by Gasteiger charge is -2.46. The number of alkyl halides is 2. The van der Waals surface area contributed by atoms with Crippen LogP contribution >= 0.6 is 0 Å². The number of halogens is 2. The van der Waals surface area contributed by atoms with Gasteiger partial charge in [-0.1, -0.05) is 18.2 Å². The van der Waals surface area contributed by atoms with Gasteiger partial charge in [0.15, 0.2) is 9.84 Å². The molecule has 2 heterocycles. The van der Waals surface area contributed by atoms with Crippen molar-refractivity contribution in [1.82, 2.24) is 4.90 Å². The molecule has 1 amide bonds. The summed E-state index contributed by atoms with van der Waals surface area (Å²) in [4.78, 5) is 13.7. The first kappa shape index (κ1) is 14.4. The van der Waals surface area contributed by atoms with Crippen LogP contribution in [-0.2, 0) is 9.84 Å². The first-order chi connectivity index (χ1) is 9.79. The average Bonchev–Trinajstić information content (AvgIpc) is 2.41. The number of rotatable bonds is 1. The normalized spacial score (nSPS) is 29.9. The smallest absolute Gasteiger partial charge is 0.259 e. The summed E-state index contributed by atoms with van der Waals surface area (Å²) in [6.07, 6.45) is 0. The maximum absolute atomic E-state index is 14.1. The van der Waals surface area contributed by atoms with E-state index in [0.717, 1.165) is 0 Å². The Morgan fingerprint density at radius 1 is 1.10 bits per heavy atom. The van der Waals surface area contributed by atoms with E-state index in [0.29, 0.717) is 5.56 Å². The lowest BCUT2D eigenvalue weighted by molar-refractivity contribution is -0.133. The Morgan fingerprint density at radius 2 is 1.62 bits per heavy atom. The molecular weight excluding hydrogens is 300 g/mol. The quantitative estimate of drug-likeness (QED) is 0.788. The molecule has 7 heteroatoms. The fraction of sp³-hybridized carbons (Fsp3) is 0.500. The Hall–Kier alpha value is -1.50. The molecule has 2 aliphatic rings. The summed E-state index contributed by atoms with van der Waals surface area (Å²) >= 11 is 0. The van der Waals surface area contributed by atoms with Crippen LogP contribution in [0.2, 0.25) is 0 Å². The molecule has 0 aliphatic carbocycles. The van der Waals surface area contributed by atoms with Crippen LogP contribution in [0.4, 0.5) is 8.78 Å². The van der Waals surface area contributed by atoms with Gasteiger partial charge in [0, 0.05) is 18.7 Å². The minimum atomic E-state index is -3.44. The van der Waals surface area contributed by atoms with Crippen LogP contribution in [0, 0.1) is 11.8 Å². The molecule has 2 saturated heterocycles. The topological polar surface area (TPSA) is 54.5 Å². The van der Waals surface area contributed by atoms with Gasteiger partial charge in [-0.3, -0.25) is 4.79 Å². The van der Waals surface area contributed by atoms with Crippen LogP contribution in [0.1, 0.15) is 10.4 Å². The Kier molecular flexibility index (Phi) is 3.27. The Labute approximate surface area is 121 Å². The van der Waals surface area contributed by atoms with Crippen molar-refractivity contribution in [3.8, 4) is 0 Å². The van der Waals surface area contributed by atoms with Crippen molar-refractivity contribution in [2.24, 2.45) is 11.8 Å². The highest BCUT2D eigenvalue weighted by Crippen LogP contribution is 2.43. The molecule has 1 aromatic carbocycles. The second-order valence-electron chi connectivity index (χ2n) is 5.72. The number of fused-ring (bicyclic) bond motifs is 2. The number of hydrogen-bond acceptors (Lipinski definition) is 3.